The number of ether oxygens (including phenoxy) is 4. The second-order valence-electron chi connectivity index (χ2n) is 13.8. The first kappa shape index (κ1) is 32.2. The minimum atomic E-state index is -2.49. The molecule has 5 atom stereocenters. The number of carbonyl (C=O) groups is 4. The van der Waals surface area contributed by atoms with Crippen molar-refractivity contribution in [3.8, 4) is 17.2 Å². The predicted octanol–water partition coefficient (Wildman–Crippen LogP) is 6.25. The first-order chi connectivity index (χ1) is 21.8. The van der Waals surface area contributed by atoms with Crippen molar-refractivity contribution in [1.82, 2.24) is 0 Å². The number of hydrogen-bond donors (Lipinski definition) is 0. The highest BCUT2D eigenvalue weighted by molar-refractivity contribution is 6.77. The minimum Gasteiger partial charge on any atom is -0.546 e. The van der Waals surface area contributed by atoms with E-state index in [0.29, 0.717) is 28.6 Å². The smallest absolute Gasteiger partial charge is 0.258 e. The third-order valence-corrected chi connectivity index (χ3v) is 16.9. The summed E-state index contributed by atoms with van der Waals surface area (Å²) in [4.78, 5) is 57.6. The molecule has 2 aromatic carbocycles. The van der Waals surface area contributed by atoms with Gasteiger partial charge < -0.3 is 23.4 Å². The molecule has 4 aliphatic rings. The maximum Gasteiger partial charge on any atom is 0.258 e. The molecule has 2 aromatic rings. The van der Waals surface area contributed by atoms with Gasteiger partial charge in [0.2, 0.25) is 28.5 Å². The molecule has 1 aliphatic heterocycles. The van der Waals surface area contributed by atoms with Crippen LogP contribution in [0.4, 0.5) is 0 Å². The molecule has 10 heteroatoms. The second-order valence-corrected chi connectivity index (χ2v) is 19.1. The van der Waals surface area contributed by atoms with Crippen LogP contribution in [-0.4, -0.2) is 64.0 Å². The SMILES string of the molecule is COc1cc([C@H]2C=C(O[Si](C(C)C)(C(C)C)C(C)C)C[C@H]3C(=O)[C@]45O[C@]4(C(=O)c4ccccc4C5=O)C(=O)[C@@H]23)cc(OC)c1OC. The van der Waals surface area contributed by atoms with Gasteiger partial charge in [0, 0.05) is 35.3 Å². The Morgan fingerprint density at radius 2 is 1.26 bits per heavy atom. The number of Topliss-reactive ketones (excluding diaryl/α,β-unsaturated/α-hetero) is 4. The van der Waals surface area contributed by atoms with Crippen molar-refractivity contribution in [2.45, 2.75) is 81.7 Å². The van der Waals surface area contributed by atoms with Gasteiger partial charge in [-0.05, 0) is 40.4 Å². The van der Waals surface area contributed by atoms with Crippen LogP contribution in [0.2, 0.25) is 16.6 Å². The van der Waals surface area contributed by atoms with Gasteiger partial charge >= 0.3 is 0 Å². The van der Waals surface area contributed by atoms with Crippen molar-refractivity contribution in [2.75, 3.05) is 21.3 Å². The molecule has 0 radical (unpaired) electrons. The van der Waals surface area contributed by atoms with Gasteiger partial charge in [0.15, 0.2) is 23.1 Å². The number of carbonyl (C=O) groups excluding carboxylic acids is 4. The number of ketones is 4. The van der Waals surface area contributed by atoms with E-state index in [1.54, 1.807) is 24.3 Å². The average Bonchev–Trinajstić information content (AvgIpc) is 3.77. The van der Waals surface area contributed by atoms with Crippen LogP contribution in [0.5, 0.6) is 17.2 Å². The lowest BCUT2D eigenvalue weighted by Crippen LogP contribution is -2.63. The topological polar surface area (TPSA) is 118 Å². The summed E-state index contributed by atoms with van der Waals surface area (Å²) in [6.07, 6.45) is 2.05. The highest BCUT2D eigenvalue weighted by Crippen LogP contribution is 2.65. The lowest BCUT2D eigenvalue weighted by atomic mass is 9.55. The average molecular weight is 647 g/mol. The van der Waals surface area contributed by atoms with Crippen molar-refractivity contribution in [3.05, 3.63) is 64.9 Å². The van der Waals surface area contributed by atoms with E-state index in [4.69, 9.17) is 23.4 Å². The van der Waals surface area contributed by atoms with Crippen molar-refractivity contribution in [1.29, 1.82) is 0 Å². The van der Waals surface area contributed by atoms with Gasteiger partial charge in [-0.3, -0.25) is 19.2 Å². The Kier molecular flexibility index (Phi) is 7.63. The molecule has 46 heavy (non-hydrogen) atoms. The summed E-state index contributed by atoms with van der Waals surface area (Å²) in [5.41, 5.74) is -2.74. The number of fused-ring (bicyclic) bond motifs is 2. The standard InChI is InChI=1S/C36H42O9Si/c1-18(2)46(19(3)4,20(5)6)44-22-16-25(21-14-27(41-7)30(43-9)28(15-21)42-8)29-26(17-22)33(39)35-31(37)23-12-10-11-13-24(23)32(38)36(35,45-35)34(29)40/h10-16,18-20,25-26,29H,17H2,1-9H3/t25-,26-,29+,35+,36-/m1/s1. The lowest BCUT2D eigenvalue weighted by molar-refractivity contribution is -0.139. The summed E-state index contributed by atoms with van der Waals surface area (Å²) in [5.74, 6) is -3.26. The molecule has 1 saturated heterocycles. The van der Waals surface area contributed by atoms with E-state index in [2.05, 4.69) is 41.5 Å². The van der Waals surface area contributed by atoms with E-state index in [0.717, 1.165) is 0 Å². The maximum atomic E-state index is 14.8. The fourth-order valence-corrected chi connectivity index (χ4v) is 14.2. The number of epoxide rings is 1. The van der Waals surface area contributed by atoms with Crippen molar-refractivity contribution >= 4 is 31.5 Å². The highest BCUT2D eigenvalue weighted by atomic mass is 28.4. The number of allylic oxidation sites excluding steroid dienone is 2. The Bertz CT molecular complexity index is 1640. The summed E-state index contributed by atoms with van der Waals surface area (Å²) in [7, 11) is 2.03. The first-order valence-corrected chi connectivity index (χ1v) is 18.1. The molecule has 3 aliphatic carbocycles. The quantitative estimate of drug-likeness (QED) is 0.177. The van der Waals surface area contributed by atoms with Crippen LogP contribution >= 0.6 is 0 Å². The predicted molar refractivity (Wildman–Crippen MR) is 172 cm³/mol. The molecule has 0 N–H and O–H groups in total. The summed E-state index contributed by atoms with van der Waals surface area (Å²) >= 11 is 0. The van der Waals surface area contributed by atoms with Crippen LogP contribution in [0.1, 0.15) is 80.2 Å². The van der Waals surface area contributed by atoms with Crippen LogP contribution in [0.25, 0.3) is 0 Å². The van der Waals surface area contributed by atoms with Gasteiger partial charge in [-0.1, -0.05) is 65.8 Å². The molecule has 244 valence electrons. The fourth-order valence-electron chi connectivity index (χ4n) is 8.86. The molecule has 9 nitrogen and oxygen atoms in total. The summed E-state index contributed by atoms with van der Waals surface area (Å²) in [5, 5.41) is 0. The van der Waals surface area contributed by atoms with Gasteiger partial charge in [0.05, 0.1) is 27.1 Å². The molecule has 0 spiro atoms. The molecule has 0 bridgehead atoms. The number of benzene rings is 2. The third-order valence-electron chi connectivity index (χ3n) is 10.8. The van der Waals surface area contributed by atoms with Crippen molar-refractivity contribution in [3.63, 3.8) is 0 Å². The van der Waals surface area contributed by atoms with E-state index in [9.17, 15) is 19.2 Å². The monoisotopic (exact) mass is 646 g/mol. The number of methoxy groups -OCH3 is 3. The van der Waals surface area contributed by atoms with Crippen LogP contribution in [0.3, 0.4) is 0 Å². The lowest BCUT2D eigenvalue weighted by Gasteiger charge is -2.46. The van der Waals surface area contributed by atoms with E-state index < -0.39 is 60.4 Å². The molecular weight excluding hydrogens is 604 g/mol. The maximum absolute atomic E-state index is 14.8. The molecule has 1 heterocycles. The Morgan fingerprint density at radius 1 is 0.761 bits per heavy atom. The van der Waals surface area contributed by atoms with E-state index >= 15 is 0 Å². The van der Waals surface area contributed by atoms with Crippen LogP contribution in [0.15, 0.2) is 48.2 Å². The zero-order chi connectivity index (χ0) is 33.5. The molecular formula is C36H42O9Si. The largest absolute Gasteiger partial charge is 0.546 e. The Labute approximate surface area is 270 Å². The van der Waals surface area contributed by atoms with Gasteiger partial charge in [0.1, 0.15) is 0 Å². The Hall–Kier alpha value is -3.76. The van der Waals surface area contributed by atoms with Crippen LogP contribution in [0, 0.1) is 11.8 Å². The van der Waals surface area contributed by atoms with Crippen LogP contribution in [-0.2, 0) is 18.8 Å². The molecule has 6 rings (SSSR count). The summed E-state index contributed by atoms with van der Waals surface area (Å²) < 4.78 is 30.0. The minimum absolute atomic E-state index is 0.0986. The van der Waals surface area contributed by atoms with Gasteiger partial charge in [0.25, 0.3) is 8.32 Å². The number of hydrogen-bond acceptors (Lipinski definition) is 9. The van der Waals surface area contributed by atoms with Gasteiger partial charge in [-0.2, -0.15) is 0 Å². The zero-order valence-electron chi connectivity index (χ0n) is 27.9. The van der Waals surface area contributed by atoms with Crippen LogP contribution < -0.4 is 14.2 Å². The van der Waals surface area contributed by atoms with Gasteiger partial charge in [-0.25, -0.2) is 0 Å². The van der Waals surface area contributed by atoms with Gasteiger partial charge in [-0.15, -0.1) is 0 Å². The summed E-state index contributed by atoms with van der Waals surface area (Å²) in [6, 6.07) is 9.81. The van der Waals surface area contributed by atoms with E-state index in [-0.39, 0.29) is 34.2 Å². The summed E-state index contributed by atoms with van der Waals surface area (Å²) in [6.45, 7) is 13.1. The first-order valence-electron chi connectivity index (χ1n) is 15.9. The molecule has 1 saturated carbocycles. The fraction of sp³-hybridized carbons (Fsp3) is 0.500. The van der Waals surface area contributed by atoms with E-state index in [1.165, 1.54) is 33.5 Å². The van der Waals surface area contributed by atoms with Crippen molar-refractivity contribution < 1.29 is 42.6 Å². The normalized spacial score (nSPS) is 28.3. The molecule has 0 aromatic heterocycles. The molecule has 0 amide bonds. The number of rotatable bonds is 9. The second kappa shape index (κ2) is 10.9. The van der Waals surface area contributed by atoms with Crippen molar-refractivity contribution in [2.24, 2.45) is 11.8 Å². The highest BCUT2D eigenvalue weighted by Gasteiger charge is 2.91. The third kappa shape index (κ3) is 3.95. The Balaban J connectivity index is 1.56. The Morgan fingerprint density at radius 3 is 1.72 bits per heavy atom. The zero-order valence-corrected chi connectivity index (χ0v) is 28.9. The van der Waals surface area contributed by atoms with E-state index in [1.807, 2.05) is 6.08 Å². The molecule has 2 fully saturated rings. The molecule has 0 unspecified atom stereocenters.